The standard InChI is InChI=1S/C15H19BrN2S/c1-10(2)9-11-3-5-12(6-4-11)15-18-13(7-8-17)14(16)19-15/h3-6,10H,7-9,17H2,1-2H3. The van der Waals surface area contributed by atoms with Crippen LogP contribution in [0.2, 0.25) is 0 Å². The minimum absolute atomic E-state index is 0.634. The molecule has 0 bridgehead atoms. The summed E-state index contributed by atoms with van der Waals surface area (Å²) in [4.78, 5) is 4.65. The number of nitrogens with two attached hydrogens (primary N) is 1. The zero-order valence-electron chi connectivity index (χ0n) is 11.3. The lowest BCUT2D eigenvalue weighted by Crippen LogP contribution is -2.03. The van der Waals surface area contributed by atoms with Crippen LogP contribution >= 0.6 is 27.3 Å². The summed E-state index contributed by atoms with van der Waals surface area (Å²) in [5, 5.41) is 1.06. The SMILES string of the molecule is CC(C)Cc1ccc(-c2nc(CCN)c(Br)s2)cc1. The lowest BCUT2D eigenvalue weighted by atomic mass is 10.0. The molecule has 4 heteroatoms. The van der Waals surface area contributed by atoms with Crippen molar-refractivity contribution in [2.75, 3.05) is 6.54 Å². The van der Waals surface area contributed by atoms with Crippen LogP contribution in [0.4, 0.5) is 0 Å². The van der Waals surface area contributed by atoms with Gasteiger partial charge in [-0.1, -0.05) is 38.1 Å². The lowest BCUT2D eigenvalue weighted by Gasteiger charge is -2.05. The van der Waals surface area contributed by atoms with Crippen molar-refractivity contribution in [3.05, 3.63) is 39.3 Å². The van der Waals surface area contributed by atoms with Gasteiger partial charge in [0.1, 0.15) is 5.01 Å². The quantitative estimate of drug-likeness (QED) is 0.883. The van der Waals surface area contributed by atoms with Crippen molar-refractivity contribution in [1.82, 2.24) is 4.98 Å². The molecule has 1 aromatic heterocycles. The monoisotopic (exact) mass is 338 g/mol. The van der Waals surface area contributed by atoms with Gasteiger partial charge < -0.3 is 5.73 Å². The van der Waals surface area contributed by atoms with Crippen molar-refractivity contribution < 1.29 is 0 Å². The first kappa shape index (κ1) is 14.7. The largest absolute Gasteiger partial charge is 0.330 e. The van der Waals surface area contributed by atoms with Crippen LogP contribution in [0, 0.1) is 5.92 Å². The van der Waals surface area contributed by atoms with Crippen molar-refractivity contribution in [3.63, 3.8) is 0 Å². The summed E-state index contributed by atoms with van der Waals surface area (Å²) in [5.74, 6) is 0.691. The molecule has 0 radical (unpaired) electrons. The van der Waals surface area contributed by atoms with Gasteiger partial charge in [-0.25, -0.2) is 4.98 Å². The molecule has 0 fully saturated rings. The molecular formula is C15H19BrN2S. The summed E-state index contributed by atoms with van der Waals surface area (Å²) in [7, 11) is 0. The molecule has 0 unspecified atom stereocenters. The Labute approximate surface area is 127 Å². The van der Waals surface area contributed by atoms with Crippen LogP contribution < -0.4 is 5.73 Å². The predicted octanol–water partition coefficient (Wildman–Crippen LogP) is 4.27. The van der Waals surface area contributed by atoms with Crippen molar-refractivity contribution in [2.45, 2.75) is 26.7 Å². The Balaban J connectivity index is 2.19. The summed E-state index contributed by atoms with van der Waals surface area (Å²) < 4.78 is 1.10. The smallest absolute Gasteiger partial charge is 0.124 e. The molecule has 0 aliphatic carbocycles. The number of nitrogens with zero attached hydrogens (tertiary/aromatic N) is 1. The molecule has 1 heterocycles. The van der Waals surface area contributed by atoms with E-state index in [1.165, 1.54) is 11.1 Å². The average Bonchev–Trinajstić information content (AvgIpc) is 2.72. The molecule has 1 aromatic carbocycles. The average molecular weight is 339 g/mol. The second-order valence-corrected chi connectivity index (χ2v) is 7.39. The molecule has 0 spiro atoms. The van der Waals surface area contributed by atoms with E-state index in [2.05, 4.69) is 59.0 Å². The maximum atomic E-state index is 5.59. The Morgan fingerprint density at radius 3 is 2.53 bits per heavy atom. The molecule has 102 valence electrons. The highest BCUT2D eigenvalue weighted by atomic mass is 79.9. The first-order chi connectivity index (χ1) is 9.10. The predicted molar refractivity (Wildman–Crippen MR) is 86.6 cm³/mol. The van der Waals surface area contributed by atoms with Crippen LogP contribution in [0.3, 0.4) is 0 Å². The molecule has 0 saturated heterocycles. The van der Waals surface area contributed by atoms with E-state index in [-0.39, 0.29) is 0 Å². The summed E-state index contributed by atoms with van der Waals surface area (Å²) >= 11 is 5.24. The molecule has 2 aromatic rings. The molecular weight excluding hydrogens is 320 g/mol. The second kappa shape index (κ2) is 6.64. The zero-order chi connectivity index (χ0) is 13.8. The number of hydrogen-bond donors (Lipinski definition) is 1. The van der Waals surface area contributed by atoms with Crippen LogP contribution in [-0.2, 0) is 12.8 Å². The third kappa shape index (κ3) is 3.88. The van der Waals surface area contributed by atoms with Gasteiger partial charge in [0.25, 0.3) is 0 Å². The number of hydrogen-bond acceptors (Lipinski definition) is 3. The summed E-state index contributed by atoms with van der Waals surface area (Å²) in [5.41, 5.74) is 9.22. The fourth-order valence-electron chi connectivity index (χ4n) is 2.00. The minimum Gasteiger partial charge on any atom is -0.330 e. The molecule has 2 N–H and O–H groups in total. The Hall–Kier alpha value is -0.710. The van der Waals surface area contributed by atoms with E-state index in [4.69, 9.17) is 5.73 Å². The number of aromatic nitrogens is 1. The van der Waals surface area contributed by atoms with Crippen molar-refractivity contribution in [3.8, 4) is 10.6 Å². The van der Waals surface area contributed by atoms with Gasteiger partial charge in [0, 0.05) is 12.0 Å². The molecule has 2 nitrogen and oxygen atoms in total. The Morgan fingerprint density at radius 1 is 1.26 bits per heavy atom. The molecule has 0 atom stereocenters. The topological polar surface area (TPSA) is 38.9 Å². The number of thiazole rings is 1. The van der Waals surface area contributed by atoms with Gasteiger partial charge in [-0.15, -0.1) is 11.3 Å². The van der Waals surface area contributed by atoms with E-state index < -0.39 is 0 Å². The van der Waals surface area contributed by atoms with E-state index in [1.54, 1.807) is 11.3 Å². The van der Waals surface area contributed by atoms with Gasteiger partial charge in [-0.3, -0.25) is 0 Å². The van der Waals surface area contributed by atoms with E-state index in [9.17, 15) is 0 Å². The fourth-order valence-corrected chi connectivity index (χ4v) is 3.59. The van der Waals surface area contributed by atoms with Gasteiger partial charge in [0.2, 0.25) is 0 Å². The number of halogens is 1. The van der Waals surface area contributed by atoms with Crippen LogP contribution in [0.1, 0.15) is 25.1 Å². The highest BCUT2D eigenvalue weighted by Crippen LogP contribution is 2.32. The van der Waals surface area contributed by atoms with Gasteiger partial charge in [-0.2, -0.15) is 0 Å². The summed E-state index contributed by atoms with van der Waals surface area (Å²) in [6.45, 7) is 5.12. The normalized spacial score (nSPS) is 11.2. The maximum Gasteiger partial charge on any atom is 0.124 e. The van der Waals surface area contributed by atoms with Gasteiger partial charge >= 0.3 is 0 Å². The highest BCUT2D eigenvalue weighted by molar-refractivity contribution is 9.11. The van der Waals surface area contributed by atoms with Gasteiger partial charge in [-0.05, 0) is 40.4 Å². The van der Waals surface area contributed by atoms with Crippen molar-refractivity contribution in [1.29, 1.82) is 0 Å². The lowest BCUT2D eigenvalue weighted by molar-refractivity contribution is 0.647. The zero-order valence-corrected chi connectivity index (χ0v) is 13.7. The Kier molecular flexibility index (Phi) is 5.13. The van der Waals surface area contributed by atoms with Crippen LogP contribution in [0.5, 0.6) is 0 Å². The number of benzene rings is 1. The second-order valence-electron chi connectivity index (χ2n) is 5.07. The highest BCUT2D eigenvalue weighted by Gasteiger charge is 2.10. The van der Waals surface area contributed by atoms with Crippen molar-refractivity contribution in [2.24, 2.45) is 11.7 Å². The van der Waals surface area contributed by atoms with Gasteiger partial charge in [0.15, 0.2) is 0 Å². The number of rotatable bonds is 5. The molecule has 0 amide bonds. The Bertz CT molecular complexity index is 532. The van der Waals surface area contributed by atoms with Crippen LogP contribution in [-0.4, -0.2) is 11.5 Å². The first-order valence-electron chi connectivity index (χ1n) is 6.54. The molecule has 0 aliphatic heterocycles. The van der Waals surface area contributed by atoms with E-state index in [0.717, 1.165) is 27.3 Å². The van der Waals surface area contributed by atoms with Crippen LogP contribution in [0.25, 0.3) is 10.6 Å². The van der Waals surface area contributed by atoms with E-state index in [1.807, 2.05) is 0 Å². The maximum absolute atomic E-state index is 5.59. The summed E-state index contributed by atoms with van der Waals surface area (Å²) in [6.07, 6.45) is 1.95. The molecule has 2 rings (SSSR count). The third-order valence-electron chi connectivity index (χ3n) is 2.88. The molecule has 0 saturated carbocycles. The Morgan fingerprint density at radius 2 is 1.95 bits per heavy atom. The van der Waals surface area contributed by atoms with Gasteiger partial charge in [0.05, 0.1) is 9.48 Å². The van der Waals surface area contributed by atoms with E-state index >= 15 is 0 Å². The van der Waals surface area contributed by atoms with Crippen LogP contribution in [0.15, 0.2) is 28.1 Å². The van der Waals surface area contributed by atoms with E-state index in [0.29, 0.717) is 12.5 Å². The molecule has 19 heavy (non-hydrogen) atoms. The summed E-state index contributed by atoms with van der Waals surface area (Å²) in [6, 6.07) is 8.73. The van der Waals surface area contributed by atoms with Crippen molar-refractivity contribution >= 4 is 27.3 Å². The molecule has 0 aliphatic rings. The third-order valence-corrected chi connectivity index (χ3v) is 4.75. The first-order valence-corrected chi connectivity index (χ1v) is 8.15. The minimum atomic E-state index is 0.634. The fraction of sp³-hybridized carbons (Fsp3) is 0.400.